The molecule has 25 heavy (non-hydrogen) atoms. The van der Waals surface area contributed by atoms with Gasteiger partial charge < -0.3 is 14.2 Å². The van der Waals surface area contributed by atoms with E-state index < -0.39 is 0 Å². The van der Waals surface area contributed by atoms with Crippen molar-refractivity contribution in [2.24, 2.45) is 0 Å². The molecule has 0 radical (unpaired) electrons. The van der Waals surface area contributed by atoms with E-state index >= 15 is 0 Å². The maximum atomic E-state index is 13.1. The summed E-state index contributed by atoms with van der Waals surface area (Å²) in [5.74, 6) is 0.758. The fourth-order valence-corrected chi connectivity index (χ4v) is 3.21. The number of morpholine rings is 1. The number of amides is 1. The van der Waals surface area contributed by atoms with E-state index in [1.165, 1.54) is 0 Å². The SMILES string of the molecule is CCn1cnnc1[C@H]1CN(C(=O)c2cccc3ncccc23)CCO1. The molecule has 1 aliphatic rings. The third-order valence-corrected chi connectivity index (χ3v) is 4.50. The first-order chi connectivity index (χ1) is 12.3. The van der Waals surface area contributed by atoms with E-state index in [1.807, 2.05) is 46.7 Å². The van der Waals surface area contributed by atoms with Crippen LogP contribution in [0.3, 0.4) is 0 Å². The van der Waals surface area contributed by atoms with Gasteiger partial charge >= 0.3 is 0 Å². The van der Waals surface area contributed by atoms with E-state index in [9.17, 15) is 4.79 Å². The number of hydrogen-bond donors (Lipinski definition) is 0. The standard InChI is InChI=1S/C18H19N5O2/c1-2-22-12-20-21-17(22)16-11-23(9-10-25-16)18(24)14-5-3-7-15-13(14)6-4-8-19-15/h3-8,12,16H,2,9-11H2,1H3/t16-/m1/s1. The minimum absolute atomic E-state index is 0.00513. The molecule has 0 spiro atoms. The number of rotatable bonds is 3. The van der Waals surface area contributed by atoms with Gasteiger partial charge in [0.25, 0.3) is 5.91 Å². The van der Waals surface area contributed by atoms with Gasteiger partial charge in [0.1, 0.15) is 12.4 Å². The smallest absolute Gasteiger partial charge is 0.254 e. The monoisotopic (exact) mass is 337 g/mol. The third kappa shape index (κ3) is 2.87. The maximum absolute atomic E-state index is 13.1. The Bertz CT molecular complexity index is 902. The van der Waals surface area contributed by atoms with Crippen molar-refractivity contribution in [3.8, 4) is 0 Å². The Kier molecular flexibility index (Phi) is 4.15. The molecule has 7 nitrogen and oxygen atoms in total. The van der Waals surface area contributed by atoms with Gasteiger partial charge in [0.05, 0.1) is 18.7 Å². The second kappa shape index (κ2) is 6.60. The molecular weight excluding hydrogens is 318 g/mol. The summed E-state index contributed by atoms with van der Waals surface area (Å²) in [5, 5.41) is 9.00. The Morgan fingerprint density at radius 3 is 3.12 bits per heavy atom. The molecule has 0 bridgehead atoms. The Morgan fingerprint density at radius 1 is 1.32 bits per heavy atom. The fraction of sp³-hybridized carbons (Fsp3) is 0.333. The number of aryl methyl sites for hydroxylation is 1. The van der Waals surface area contributed by atoms with Gasteiger partial charge in [-0.25, -0.2) is 0 Å². The van der Waals surface area contributed by atoms with Crippen LogP contribution in [0.5, 0.6) is 0 Å². The van der Waals surface area contributed by atoms with Crippen LogP contribution in [0, 0.1) is 0 Å². The van der Waals surface area contributed by atoms with Crippen molar-refractivity contribution in [3.63, 3.8) is 0 Å². The number of carbonyl (C=O) groups excluding carboxylic acids is 1. The zero-order chi connectivity index (χ0) is 17.2. The molecule has 2 aromatic heterocycles. The predicted octanol–water partition coefficient (Wildman–Crippen LogP) is 2.06. The molecule has 1 fully saturated rings. The van der Waals surface area contributed by atoms with Crippen molar-refractivity contribution in [1.29, 1.82) is 0 Å². The highest BCUT2D eigenvalue weighted by Crippen LogP contribution is 2.24. The van der Waals surface area contributed by atoms with E-state index in [4.69, 9.17) is 4.74 Å². The largest absolute Gasteiger partial charge is 0.366 e. The highest BCUT2D eigenvalue weighted by molar-refractivity contribution is 6.06. The molecule has 0 aliphatic carbocycles. The zero-order valence-electron chi connectivity index (χ0n) is 14.0. The molecule has 4 rings (SSSR count). The minimum atomic E-state index is -0.256. The van der Waals surface area contributed by atoms with Crippen molar-refractivity contribution in [3.05, 3.63) is 54.2 Å². The highest BCUT2D eigenvalue weighted by Gasteiger charge is 2.29. The lowest BCUT2D eigenvalue weighted by molar-refractivity contribution is -0.0283. The van der Waals surface area contributed by atoms with Crippen molar-refractivity contribution < 1.29 is 9.53 Å². The molecule has 1 amide bonds. The number of aromatic nitrogens is 4. The van der Waals surface area contributed by atoms with E-state index in [0.717, 1.165) is 23.3 Å². The first-order valence-electron chi connectivity index (χ1n) is 8.40. The number of carbonyl (C=O) groups is 1. The van der Waals surface area contributed by atoms with Gasteiger partial charge in [0.15, 0.2) is 5.82 Å². The molecule has 3 heterocycles. The van der Waals surface area contributed by atoms with Crippen LogP contribution in [0.1, 0.15) is 29.2 Å². The van der Waals surface area contributed by atoms with Gasteiger partial charge in [-0.2, -0.15) is 0 Å². The number of nitrogens with zero attached hydrogens (tertiary/aromatic N) is 5. The summed E-state index contributed by atoms with van der Waals surface area (Å²) >= 11 is 0. The third-order valence-electron chi connectivity index (χ3n) is 4.50. The molecule has 0 N–H and O–H groups in total. The van der Waals surface area contributed by atoms with Crippen molar-refractivity contribution in [2.45, 2.75) is 19.6 Å². The second-order valence-electron chi connectivity index (χ2n) is 5.96. The van der Waals surface area contributed by atoms with E-state index in [2.05, 4.69) is 15.2 Å². The summed E-state index contributed by atoms with van der Waals surface area (Å²) in [4.78, 5) is 19.2. The molecular formula is C18H19N5O2. The van der Waals surface area contributed by atoms with Gasteiger partial charge in [0.2, 0.25) is 0 Å². The number of fused-ring (bicyclic) bond motifs is 1. The lowest BCUT2D eigenvalue weighted by Gasteiger charge is -2.32. The lowest BCUT2D eigenvalue weighted by atomic mass is 10.1. The number of pyridine rings is 1. The first-order valence-corrected chi connectivity index (χ1v) is 8.40. The van der Waals surface area contributed by atoms with E-state index in [1.54, 1.807) is 12.5 Å². The van der Waals surface area contributed by atoms with Crippen LogP contribution in [0.4, 0.5) is 0 Å². The highest BCUT2D eigenvalue weighted by atomic mass is 16.5. The Labute approximate surface area is 145 Å². The molecule has 1 saturated heterocycles. The topological polar surface area (TPSA) is 73.1 Å². The maximum Gasteiger partial charge on any atom is 0.254 e. The number of benzene rings is 1. The second-order valence-corrected chi connectivity index (χ2v) is 5.96. The summed E-state index contributed by atoms with van der Waals surface area (Å²) in [6.07, 6.45) is 3.17. The summed E-state index contributed by atoms with van der Waals surface area (Å²) in [5.41, 5.74) is 1.49. The normalized spacial score (nSPS) is 17.8. The molecule has 128 valence electrons. The van der Waals surface area contributed by atoms with Crippen LogP contribution in [-0.4, -0.2) is 50.3 Å². The van der Waals surface area contributed by atoms with Gasteiger partial charge in [-0.1, -0.05) is 12.1 Å². The molecule has 1 aliphatic heterocycles. The van der Waals surface area contributed by atoms with Crippen LogP contribution < -0.4 is 0 Å². The zero-order valence-corrected chi connectivity index (χ0v) is 14.0. The quantitative estimate of drug-likeness (QED) is 0.731. The van der Waals surface area contributed by atoms with Crippen molar-refractivity contribution in [1.82, 2.24) is 24.6 Å². The number of ether oxygens (including phenoxy) is 1. The summed E-state index contributed by atoms with van der Waals surface area (Å²) in [7, 11) is 0. The van der Waals surface area contributed by atoms with Crippen LogP contribution >= 0.6 is 0 Å². The van der Waals surface area contributed by atoms with Crippen LogP contribution in [0.25, 0.3) is 10.9 Å². The molecule has 0 saturated carbocycles. The minimum Gasteiger partial charge on any atom is -0.366 e. The molecule has 1 aromatic carbocycles. The van der Waals surface area contributed by atoms with Crippen molar-refractivity contribution in [2.75, 3.05) is 19.7 Å². The Morgan fingerprint density at radius 2 is 2.24 bits per heavy atom. The lowest BCUT2D eigenvalue weighted by Crippen LogP contribution is -2.43. The first kappa shape index (κ1) is 15.7. The van der Waals surface area contributed by atoms with Crippen LogP contribution in [0.2, 0.25) is 0 Å². The van der Waals surface area contributed by atoms with Crippen LogP contribution in [0.15, 0.2) is 42.9 Å². The van der Waals surface area contributed by atoms with Crippen molar-refractivity contribution >= 4 is 16.8 Å². The predicted molar refractivity (Wildman–Crippen MR) is 92.0 cm³/mol. The fourth-order valence-electron chi connectivity index (χ4n) is 3.21. The molecule has 7 heteroatoms. The molecule has 0 unspecified atom stereocenters. The summed E-state index contributed by atoms with van der Waals surface area (Å²) < 4.78 is 7.78. The van der Waals surface area contributed by atoms with E-state index in [-0.39, 0.29) is 12.0 Å². The number of hydrogen-bond acceptors (Lipinski definition) is 5. The Balaban J connectivity index is 1.62. The summed E-state index contributed by atoms with van der Waals surface area (Å²) in [6.45, 7) is 4.31. The van der Waals surface area contributed by atoms with Crippen LogP contribution in [-0.2, 0) is 11.3 Å². The Hall–Kier alpha value is -2.80. The average molecular weight is 337 g/mol. The average Bonchev–Trinajstić information content (AvgIpc) is 3.16. The summed E-state index contributed by atoms with van der Waals surface area (Å²) in [6, 6.07) is 9.42. The molecule has 3 aromatic rings. The van der Waals surface area contributed by atoms with Gasteiger partial charge in [-0.05, 0) is 25.1 Å². The molecule has 1 atom stereocenters. The van der Waals surface area contributed by atoms with E-state index in [0.29, 0.717) is 25.3 Å². The van der Waals surface area contributed by atoms with Gasteiger partial charge in [0, 0.05) is 30.2 Å². The van der Waals surface area contributed by atoms with Gasteiger partial charge in [-0.3, -0.25) is 9.78 Å². The van der Waals surface area contributed by atoms with Gasteiger partial charge in [-0.15, -0.1) is 10.2 Å².